The van der Waals surface area contributed by atoms with E-state index in [1.54, 1.807) is 13.8 Å². The van der Waals surface area contributed by atoms with Crippen molar-refractivity contribution < 1.29 is 71.5 Å². The molecule has 2 aliphatic carbocycles. The number of nitrogens with zero attached hydrogens (tertiary/aromatic N) is 1. The molecule has 0 radical (unpaired) electrons. The third kappa shape index (κ3) is 10.7. The zero-order chi connectivity index (χ0) is 42.3. The number of hydrogen-bond acceptors (Lipinski definition) is 16. The van der Waals surface area contributed by atoms with Crippen molar-refractivity contribution in [1.29, 1.82) is 0 Å². The first kappa shape index (κ1) is 45.0. The van der Waals surface area contributed by atoms with Crippen LogP contribution in [0.4, 0.5) is 0 Å². The molecule has 0 aromatic carbocycles. The van der Waals surface area contributed by atoms with Crippen LogP contribution in [0.5, 0.6) is 0 Å². The van der Waals surface area contributed by atoms with Gasteiger partial charge >= 0.3 is 41.8 Å². The van der Waals surface area contributed by atoms with Gasteiger partial charge in [0.15, 0.2) is 41.4 Å². The molecule has 0 bridgehead atoms. The van der Waals surface area contributed by atoms with Crippen molar-refractivity contribution >= 4 is 47.6 Å². The highest BCUT2D eigenvalue weighted by Crippen LogP contribution is 2.52. The molecule has 1 heterocycles. The van der Waals surface area contributed by atoms with Gasteiger partial charge in [-0.25, -0.2) is 4.79 Å². The fourth-order valence-electron chi connectivity index (χ4n) is 7.05. The third-order valence-electron chi connectivity index (χ3n) is 9.40. The van der Waals surface area contributed by atoms with Gasteiger partial charge in [-0.3, -0.25) is 38.5 Å². The van der Waals surface area contributed by atoms with Crippen molar-refractivity contribution in [2.75, 3.05) is 6.61 Å². The minimum Gasteiger partial charge on any atom is -0.461 e. The molecule has 306 valence electrons. The van der Waals surface area contributed by atoms with Crippen LogP contribution in [0.3, 0.4) is 0 Å². The summed E-state index contributed by atoms with van der Waals surface area (Å²) in [6.45, 7) is 14.0. The fraction of sp³-hybridized carbons (Fsp3) is 0.575. The maximum absolute atomic E-state index is 14.9. The number of fused-ring (bicyclic) bond motifs is 1. The molecule has 1 saturated carbocycles. The van der Waals surface area contributed by atoms with E-state index in [0.29, 0.717) is 0 Å². The molecular weight excluding hydrogens is 734 g/mol. The van der Waals surface area contributed by atoms with Crippen molar-refractivity contribution in [3.8, 4) is 0 Å². The van der Waals surface area contributed by atoms with E-state index < -0.39 is 119 Å². The Kier molecular flexibility index (Phi) is 14.5. The van der Waals surface area contributed by atoms with E-state index in [9.17, 15) is 38.4 Å². The molecular formula is C40H51NO15. The van der Waals surface area contributed by atoms with Gasteiger partial charge in [0.25, 0.3) is 0 Å². The molecule has 16 heteroatoms. The van der Waals surface area contributed by atoms with Crippen molar-refractivity contribution in [2.24, 2.45) is 23.2 Å². The molecule has 0 unspecified atom stereocenters. The minimum atomic E-state index is -2.24. The van der Waals surface area contributed by atoms with E-state index in [2.05, 4.69) is 4.98 Å². The maximum atomic E-state index is 14.9. The second kappa shape index (κ2) is 18.0. The minimum absolute atomic E-state index is 0.0287. The standard InChI is InChI=1S/C40H51NO15/c1-21(2)36(48)53-31-29(19-50-23(4)42)17-30-34(52-25(6)44)39(11,55-26(7)45)20-40(30,56-27(8)46)33(47)22(3)14-15-38(9,10)35(32(31)51-24(5)43)54-37(49)28-13-12-16-41-18-28/h12-18,21-22,30-32,34-35H,19-20H2,1-11H3/b15-14+,29-17-/t22-,30-,31-,32+,34+,35+,39+,40+/m0/s1. The van der Waals surface area contributed by atoms with Crippen LogP contribution in [-0.4, -0.2) is 94.8 Å². The third-order valence-corrected chi connectivity index (χ3v) is 9.40. The van der Waals surface area contributed by atoms with Crippen LogP contribution < -0.4 is 0 Å². The SMILES string of the molecule is CC(=O)OC/C1=C/[C@H]2[C@@H](OC(C)=O)[C@](C)(OC(C)=O)C[C@]2(OC(C)=O)C(=O)[C@@H](C)/C=C/C(C)(C)[C@H](OC(=O)c2cccnc2)[C@H](OC(C)=O)[C@H]1OC(=O)C(C)C. The Balaban J connectivity index is 2.60. The van der Waals surface area contributed by atoms with Crippen molar-refractivity contribution in [1.82, 2.24) is 4.98 Å². The summed E-state index contributed by atoms with van der Waals surface area (Å²) >= 11 is 0. The predicted molar refractivity (Wildman–Crippen MR) is 194 cm³/mol. The lowest BCUT2D eigenvalue weighted by Crippen LogP contribution is -2.54. The zero-order valence-corrected chi connectivity index (χ0v) is 33.6. The van der Waals surface area contributed by atoms with Gasteiger partial charge in [0, 0.05) is 70.3 Å². The Hall–Kier alpha value is -5.41. The summed E-state index contributed by atoms with van der Waals surface area (Å²) in [6.07, 6.45) is -0.0268. The van der Waals surface area contributed by atoms with Gasteiger partial charge in [-0.05, 0) is 19.1 Å². The first-order valence-electron chi connectivity index (χ1n) is 18.1. The summed E-state index contributed by atoms with van der Waals surface area (Å²) in [5.41, 5.74) is -5.53. The number of rotatable bonds is 10. The van der Waals surface area contributed by atoms with Crippen LogP contribution in [0.1, 0.15) is 92.9 Å². The number of Topliss-reactive ketones (excluding diaryl/α,β-unsaturated/α-hetero) is 1. The molecule has 1 fully saturated rings. The Morgan fingerprint density at radius 3 is 1.96 bits per heavy atom. The molecule has 0 saturated heterocycles. The monoisotopic (exact) mass is 785 g/mol. The second-order valence-corrected chi connectivity index (χ2v) is 15.1. The Bertz CT molecular complexity index is 1760. The molecule has 1 aromatic rings. The van der Waals surface area contributed by atoms with E-state index in [1.807, 2.05) is 0 Å². The molecule has 1 aromatic heterocycles. The number of pyridine rings is 1. The molecule has 0 aliphatic heterocycles. The number of aromatic nitrogens is 1. The van der Waals surface area contributed by atoms with Gasteiger partial charge in [0.2, 0.25) is 0 Å². The number of allylic oxidation sites excluding steroid dienone is 1. The van der Waals surface area contributed by atoms with Crippen LogP contribution in [0.25, 0.3) is 0 Å². The van der Waals surface area contributed by atoms with Crippen LogP contribution in [0.2, 0.25) is 0 Å². The largest absolute Gasteiger partial charge is 0.461 e. The summed E-state index contributed by atoms with van der Waals surface area (Å²) in [5, 5.41) is 0. The first-order chi connectivity index (χ1) is 25.9. The number of carbonyl (C=O) groups excluding carboxylic acids is 8. The highest BCUT2D eigenvalue weighted by Gasteiger charge is 2.68. The Morgan fingerprint density at radius 1 is 0.821 bits per heavy atom. The summed E-state index contributed by atoms with van der Waals surface area (Å²) in [4.78, 5) is 110. The molecule has 56 heavy (non-hydrogen) atoms. The molecule has 8 atom stereocenters. The van der Waals surface area contributed by atoms with E-state index in [0.717, 1.165) is 34.6 Å². The number of hydrogen-bond donors (Lipinski definition) is 0. The summed E-state index contributed by atoms with van der Waals surface area (Å²) in [7, 11) is 0. The van der Waals surface area contributed by atoms with Gasteiger partial charge in [0.1, 0.15) is 6.61 Å². The molecule has 0 amide bonds. The quantitative estimate of drug-likeness (QED) is 0.186. The summed E-state index contributed by atoms with van der Waals surface area (Å²) in [5.74, 6) is -10.1. The van der Waals surface area contributed by atoms with Crippen molar-refractivity contribution in [3.63, 3.8) is 0 Å². The average molecular weight is 786 g/mol. The van der Waals surface area contributed by atoms with E-state index in [-0.39, 0.29) is 11.1 Å². The first-order valence-corrected chi connectivity index (χ1v) is 18.1. The highest BCUT2D eigenvalue weighted by atomic mass is 16.6. The highest BCUT2D eigenvalue weighted by molar-refractivity contribution is 5.94. The smallest absolute Gasteiger partial charge is 0.340 e. The molecule has 0 N–H and O–H groups in total. The van der Waals surface area contributed by atoms with Crippen LogP contribution in [-0.2, 0) is 66.7 Å². The van der Waals surface area contributed by atoms with Gasteiger partial charge in [-0.15, -0.1) is 0 Å². The average Bonchev–Trinajstić information content (AvgIpc) is 3.29. The maximum Gasteiger partial charge on any atom is 0.340 e. The zero-order valence-electron chi connectivity index (χ0n) is 33.6. The van der Waals surface area contributed by atoms with E-state index >= 15 is 0 Å². The number of ketones is 1. The number of esters is 7. The van der Waals surface area contributed by atoms with Crippen molar-refractivity contribution in [3.05, 3.63) is 53.9 Å². The molecule has 3 rings (SSSR count). The lowest BCUT2D eigenvalue weighted by Gasteiger charge is -2.41. The van der Waals surface area contributed by atoms with Crippen LogP contribution in [0, 0.1) is 23.2 Å². The second-order valence-electron chi connectivity index (χ2n) is 15.1. The lowest BCUT2D eigenvalue weighted by atomic mass is 9.75. The molecule has 16 nitrogen and oxygen atoms in total. The number of carbonyl (C=O) groups is 8. The van der Waals surface area contributed by atoms with E-state index in [1.165, 1.54) is 70.4 Å². The topological polar surface area (TPSA) is 214 Å². The summed E-state index contributed by atoms with van der Waals surface area (Å²) in [6, 6.07) is 2.95. The fourth-order valence-corrected chi connectivity index (χ4v) is 7.05. The van der Waals surface area contributed by atoms with Gasteiger partial charge < -0.3 is 33.2 Å². The Morgan fingerprint density at radius 2 is 1.45 bits per heavy atom. The predicted octanol–water partition coefficient (Wildman–Crippen LogP) is 3.97. The van der Waals surface area contributed by atoms with Gasteiger partial charge in [-0.1, -0.05) is 52.8 Å². The Labute approximate surface area is 325 Å². The van der Waals surface area contributed by atoms with E-state index in [4.69, 9.17) is 33.2 Å². The van der Waals surface area contributed by atoms with Gasteiger partial charge in [0.05, 0.1) is 17.4 Å². The molecule has 2 aliphatic rings. The van der Waals surface area contributed by atoms with Crippen LogP contribution in [0.15, 0.2) is 48.3 Å². The number of ether oxygens (including phenoxy) is 7. The van der Waals surface area contributed by atoms with Crippen LogP contribution >= 0.6 is 0 Å². The normalized spacial score (nSPS) is 30.1. The van der Waals surface area contributed by atoms with Gasteiger partial charge in [-0.2, -0.15) is 0 Å². The van der Waals surface area contributed by atoms with Crippen molar-refractivity contribution in [2.45, 2.75) is 118 Å². The molecule has 0 spiro atoms. The lowest BCUT2D eigenvalue weighted by molar-refractivity contribution is -0.181. The summed E-state index contributed by atoms with van der Waals surface area (Å²) < 4.78 is 41.0.